The summed E-state index contributed by atoms with van der Waals surface area (Å²) >= 11 is 0. The van der Waals surface area contributed by atoms with Gasteiger partial charge in [-0.05, 0) is 26.3 Å². The molecule has 0 aliphatic carbocycles. The molecule has 80 valence electrons. The summed E-state index contributed by atoms with van der Waals surface area (Å²) in [7, 11) is 2.14. The van der Waals surface area contributed by atoms with Crippen molar-refractivity contribution in [3.63, 3.8) is 0 Å². The zero-order valence-electron chi connectivity index (χ0n) is 9.96. The smallest absolute Gasteiger partial charge is 0.0320 e. The van der Waals surface area contributed by atoms with E-state index in [0.717, 1.165) is 6.54 Å². The molecule has 0 heterocycles. The Morgan fingerprint density at radius 1 is 1.21 bits per heavy atom. The van der Waals surface area contributed by atoms with Gasteiger partial charge in [0.15, 0.2) is 0 Å². The van der Waals surface area contributed by atoms with Crippen molar-refractivity contribution in [2.45, 2.75) is 33.6 Å². The minimum absolute atomic E-state index is 1.14. The van der Waals surface area contributed by atoms with E-state index in [4.69, 9.17) is 0 Å². The van der Waals surface area contributed by atoms with Gasteiger partial charge in [0.2, 0.25) is 0 Å². The van der Waals surface area contributed by atoms with Gasteiger partial charge in [0, 0.05) is 19.3 Å². The Morgan fingerprint density at radius 3 is 2.43 bits per heavy atom. The van der Waals surface area contributed by atoms with Crippen molar-refractivity contribution >= 4 is 0 Å². The first-order valence-electron chi connectivity index (χ1n) is 5.43. The normalized spacial score (nSPS) is 13.0. The van der Waals surface area contributed by atoms with Gasteiger partial charge in [-0.3, -0.25) is 0 Å². The van der Waals surface area contributed by atoms with Crippen LogP contribution in [-0.4, -0.2) is 18.5 Å². The molecule has 0 unspecified atom stereocenters. The molecule has 0 spiro atoms. The molecule has 0 atom stereocenters. The second kappa shape index (κ2) is 8.61. The molecular formula is C13H23N. The third kappa shape index (κ3) is 5.63. The summed E-state index contributed by atoms with van der Waals surface area (Å²) in [6.07, 6.45) is 13.0. The van der Waals surface area contributed by atoms with Gasteiger partial charge >= 0.3 is 0 Å². The topological polar surface area (TPSA) is 3.24 Å². The lowest BCUT2D eigenvalue weighted by molar-refractivity contribution is 0.417. The fraction of sp³-hybridized carbons (Fsp3) is 0.538. The average Bonchev–Trinajstić information content (AvgIpc) is 2.21. The highest BCUT2D eigenvalue weighted by Crippen LogP contribution is 2.05. The van der Waals surface area contributed by atoms with Crippen LogP contribution in [0.4, 0.5) is 0 Å². The van der Waals surface area contributed by atoms with E-state index in [9.17, 15) is 0 Å². The molecule has 0 amide bonds. The van der Waals surface area contributed by atoms with Crippen molar-refractivity contribution in [1.82, 2.24) is 4.90 Å². The van der Waals surface area contributed by atoms with Crippen LogP contribution in [0.15, 0.2) is 36.1 Å². The second-order valence-corrected chi connectivity index (χ2v) is 3.37. The molecule has 0 N–H and O–H groups in total. The molecule has 0 aromatic carbocycles. The number of rotatable bonds is 6. The molecule has 1 heteroatoms. The maximum absolute atomic E-state index is 2.30. The second-order valence-electron chi connectivity index (χ2n) is 3.37. The number of likely N-dealkylation sites (N-methyl/N-ethyl adjacent to an activating group) is 1. The molecule has 0 bridgehead atoms. The van der Waals surface area contributed by atoms with Crippen molar-refractivity contribution in [3.05, 3.63) is 36.1 Å². The first-order chi connectivity index (χ1) is 6.76. The Bertz CT molecular complexity index is 211. The molecular weight excluding hydrogens is 170 g/mol. The van der Waals surface area contributed by atoms with E-state index in [0.29, 0.717) is 0 Å². The van der Waals surface area contributed by atoms with Crippen molar-refractivity contribution in [3.8, 4) is 0 Å². The van der Waals surface area contributed by atoms with Crippen LogP contribution in [0.5, 0.6) is 0 Å². The van der Waals surface area contributed by atoms with Crippen molar-refractivity contribution in [1.29, 1.82) is 0 Å². The summed E-state index contributed by atoms with van der Waals surface area (Å²) in [6, 6.07) is 0. The van der Waals surface area contributed by atoms with Crippen LogP contribution in [0.25, 0.3) is 0 Å². The lowest BCUT2D eigenvalue weighted by Crippen LogP contribution is -2.17. The summed E-state index contributed by atoms with van der Waals surface area (Å²) < 4.78 is 0. The highest BCUT2D eigenvalue weighted by Gasteiger charge is 1.97. The number of allylic oxidation sites excluding steroid dienone is 5. The van der Waals surface area contributed by atoms with Crippen LogP contribution in [0.3, 0.4) is 0 Å². The molecule has 0 aromatic rings. The van der Waals surface area contributed by atoms with Gasteiger partial charge in [-0.2, -0.15) is 0 Å². The molecule has 0 saturated heterocycles. The maximum Gasteiger partial charge on any atom is 0.0320 e. The van der Waals surface area contributed by atoms with E-state index >= 15 is 0 Å². The molecule has 14 heavy (non-hydrogen) atoms. The third-order valence-corrected chi connectivity index (χ3v) is 2.15. The first kappa shape index (κ1) is 13.0. The van der Waals surface area contributed by atoms with Gasteiger partial charge in [-0.25, -0.2) is 0 Å². The van der Waals surface area contributed by atoms with E-state index < -0.39 is 0 Å². The van der Waals surface area contributed by atoms with Gasteiger partial charge in [0.25, 0.3) is 0 Å². The Kier molecular flexibility index (Phi) is 8.01. The Morgan fingerprint density at radius 2 is 1.93 bits per heavy atom. The predicted octanol–water partition coefficient (Wildman–Crippen LogP) is 3.75. The summed E-state index contributed by atoms with van der Waals surface area (Å²) in [4.78, 5) is 2.30. The number of hydrogen-bond donors (Lipinski definition) is 0. The molecule has 0 aromatic heterocycles. The molecule has 0 rings (SSSR count). The standard InChI is InChI=1S/C13H23N/c1-5-8-10-11-13(7-3)14(4)12-9-6-2/h5,7-8,10-11H,6,9,12H2,1-4H3/b8-5-,11-10-,13-7+. The maximum atomic E-state index is 2.30. The van der Waals surface area contributed by atoms with Crippen LogP contribution >= 0.6 is 0 Å². The number of hydrogen-bond acceptors (Lipinski definition) is 1. The van der Waals surface area contributed by atoms with E-state index in [1.807, 2.05) is 13.0 Å². The zero-order valence-corrected chi connectivity index (χ0v) is 9.96. The lowest BCUT2D eigenvalue weighted by Gasteiger charge is -2.19. The highest BCUT2D eigenvalue weighted by atomic mass is 15.1. The van der Waals surface area contributed by atoms with Crippen molar-refractivity contribution in [2.24, 2.45) is 0 Å². The SMILES string of the molecule is C\C=C/C=C\C(=C/C)N(C)CCCC. The molecule has 0 aliphatic heterocycles. The van der Waals surface area contributed by atoms with Crippen LogP contribution in [0.1, 0.15) is 33.6 Å². The number of unbranched alkanes of at least 4 members (excludes halogenated alkanes) is 1. The minimum atomic E-state index is 1.14. The Balaban J connectivity index is 4.13. The minimum Gasteiger partial charge on any atom is -0.375 e. The molecule has 1 nitrogen and oxygen atoms in total. The van der Waals surface area contributed by atoms with Crippen LogP contribution < -0.4 is 0 Å². The summed E-state index contributed by atoms with van der Waals surface area (Å²) in [5, 5.41) is 0. The highest BCUT2D eigenvalue weighted by molar-refractivity contribution is 5.20. The Labute approximate surface area is 88.8 Å². The predicted molar refractivity (Wildman–Crippen MR) is 65.2 cm³/mol. The Hall–Kier alpha value is -0.980. The van der Waals surface area contributed by atoms with Crippen molar-refractivity contribution in [2.75, 3.05) is 13.6 Å². The van der Waals surface area contributed by atoms with E-state index in [1.54, 1.807) is 0 Å². The van der Waals surface area contributed by atoms with Gasteiger partial charge in [-0.1, -0.05) is 37.6 Å². The van der Waals surface area contributed by atoms with Gasteiger partial charge in [0.05, 0.1) is 0 Å². The van der Waals surface area contributed by atoms with Crippen LogP contribution in [-0.2, 0) is 0 Å². The number of nitrogens with zero attached hydrogens (tertiary/aromatic N) is 1. The van der Waals surface area contributed by atoms with Gasteiger partial charge < -0.3 is 4.90 Å². The fourth-order valence-corrected chi connectivity index (χ4v) is 1.23. The zero-order chi connectivity index (χ0) is 10.8. The largest absolute Gasteiger partial charge is 0.375 e. The molecule has 0 aliphatic rings. The first-order valence-corrected chi connectivity index (χ1v) is 5.43. The fourth-order valence-electron chi connectivity index (χ4n) is 1.23. The molecule has 0 fully saturated rings. The van der Waals surface area contributed by atoms with Crippen LogP contribution in [0, 0.1) is 0 Å². The average molecular weight is 193 g/mol. The summed E-state index contributed by atoms with van der Waals surface area (Å²) in [5.41, 5.74) is 1.29. The quantitative estimate of drug-likeness (QED) is 0.581. The lowest BCUT2D eigenvalue weighted by atomic mass is 10.2. The van der Waals surface area contributed by atoms with Gasteiger partial charge in [-0.15, -0.1) is 0 Å². The van der Waals surface area contributed by atoms with Crippen molar-refractivity contribution < 1.29 is 0 Å². The van der Waals surface area contributed by atoms with E-state index in [2.05, 4.69) is 50.1 Å². The van der Waals surface area contributed by atoms with Gasteiger partial charge in [0.1, 0.15) is 0 Å². The third-order valence-electron chi connectivity index (χ3n) is 2.15. The monoisotopic (exact) mass is 193 g/mol. The van der Waals surface area contributed by atoms with Crippen LogP contribution in [0.2, 0.25) is 0 Å². The summed E-state index contributed by atoms with van der Waals surface area (Å²) in [6.45, 7) is 7.47. The van der Waals surface area contributed by atoms with E-state index in [1.165, 1.54) is 18.5 Å². The molecule has 0 radical (unpaired) electrons. The van der Waals surface area contributed by atoms with E-state index in [-0.39, 0.29) is 0 Å². The molecule has 0 saturated carbocycles. The summed E-state index contributed by atoms with van der Waals surface area (Å²) in [5.74, 6) is 0.